The summed E-state index contributed by atoms with van der Waals surface area (Å²) in [7, 11) is 0. The lowest BCUT2D eigenvalue weighted by Crippen LogP contribution is -2.45. The van der Waals surface area contributed by atoms with Crippen molar-refractivity contribution in [1.82, 2.24) is 9.88 Å². The van der Waals surface area contributed by atoms with E-state index in [1.54, 1.807) is 0 Å². The van der Waals surface area contributed by atoms with Crippen molar-refractivity contribution in [2.75, 3.05) is 13.1 Å². The second-order valence-corrected chi connectivity index (χ2v) is 7.01. The Balaban J connectivity index is 1.53. The summed E-state index contributed by atoms with van der Waals surface area (Å²) in [5.74, 6) is 0.0189. The van der Waals surface area contributed by atoms with Crippen molar-refractivity contribution >= 4 is 28.8 Å². The van der Waals surface area contributed by atoms with Crippen LogP contribution in [0.15, 0.2) is 29.6 Å². The summed E-state index contributed by atoms with van der Waals surface area (Å²) in [6.45, 7) is 1.37. The summed E-state index contributed by atoms with van der Waals surface area (Å²) in [6, 6.07) is 7.50. The molecule has 2 aromatic rings. The molecule has 2 saturated heterocycles. The number of carbonyl (C=O) groups excluding carboxylic acids is 1. The number of thiazole rings is 1. The standard InChI is InChI=1S/C16H15ClN2O2S/c17-11-3-1-10(2-4-11)14-9-22-15(18-14)16(20)19-7-12-5-6-13(8-19)21-12/h1-4,9,12-13H,5-8H2. The SMILES string of the molecule is O=C(c1nc(-c2ccc(Cl)cc2)cs1)N1CC2CCC(C1)O2. The largest absolute Gasteiger partial charge is 0.371 e. The van der Waals surface area contributed by atoms with Gasteiger partial charge < -0.3 is 9.64 Å². The van der Waals surface area contributed by atoms with E-state index in [0.717, 1.165) is 24.1 Å². The van der Waals surface area contributed by atoms with E-state index in [1.165, 1.54) is 11.3 Å². The molecule has 2 atom stereocenters. The third-order valence-corrected chi connectivity index (χ3v) is 5.24. The van der Waals surface area contributed by atoms with Gasteiger partial charge in [-0.1, -0.05) is 23.7 Å². The molecule has 6 heteroatoms. The molecule has 0 radical (unpaired) electrons. The topological polar surface area (TPSA) is 42.4 Å². The zero-order valence-electron chi connectivity index (χ0n) is 11.9. The van der Waals surface area contributed by atoms with Crippen LogP contribution in [-0.2, 0) is 4.74 Å². The van der Waals surface area contributed by atoms with Crippen LogP contribution in [0.25, 0.3) is 11.3 Å². The van der Waals surface area contributed by atoms with Gasteiger partial charge in [-0.05, 0) is 25.0 Å². The number of hydrogen-bond acceptors (Lipinski definition) is 4. The summed E-state index contributed by atoms with van der Waals surface area (Å²) in [6.07, 6.45) is 2.53. The molecule has 0 aliphatic carbocycles. The molecule has 2 aliphatic rings. The Kier molecular flexibility index (Phi) is 3.64. The molecule has 3 heterocycles. The first-order valence-electron chi connectivity index (χ1n) is 7.35. The molecule has 4 nitrogen and oxygen atoms in total. The predicted molar refractivity (Wildman–Crippen MR) is 86.4 cm³/mol. The fourth-order valence-electron chi connectivity index (χ4n) is 3.04. The van der Waals surface area contributed by atoms with Gasteiger partial charge in [0.2, 0.25) is 0 Å². The summed E-state index contributed by atoms with van der Waals surface area (Å²) < 4.78 is 5.78. The van der Waals surface area contributed by atoms with E-state index in [-0.39, 0.29) is 18.1 Å². The number of amides is 1. The Hall–Kier alpha value is -1.43. The van der Waals surface area contributed by atoms with Crippen molar-refractivity contribution in [1.29, 1.82) is 0 Å². The molecular weight excluding hydrogens is 320 g/mol. The van der Waals surface area contributed by atoms with Crippen molar-refractivity contribution in [2.45, 2.75) is 25.0 Å². The highest BCUT2D eigenvalue weighted by Crippen LogP contribution is 2.29. The molecule has 2 unspecified atom stereocenters. The highest BCUT2D eigenvalue weighted by atomic mass is 35.5. The number of halogens is 1. The van der Waals surface area contributed by atoms with Gasteiger partial charge in [0, 0.05) is 29.1 Å². The average Bonchev–Trinajstić information content (AvgIpc) is 3.14. The van der Waals surface area contributed by atoms with Crippen LogP contribution < -0.4 is 0 Å². The van der Waals surface area contributed by atoms with Gasteiger partial charge in [-0.25, -0.2) is 4.98 Å². The van der Waals surface area contributed by atoms with Crippen molar-refractivity contribution in [3.63, 3.8) is 0 Å². The molecule has 1 aromatic heterocycles. The molecule has 114 valence electrons. The van der Waals surface area contributed by atoms with Gasteiger partial charge in [0.25, 0.3) is 5.91 Å². The van der Waals surface area contributed by atoms with Crippen molar-refractivity contribution in [3.8, 4) is 11.3 Å². The highest BCUT2D eigenvalue weighted by Gasteiger charge is 2.36. The Bertz CT molecular complexity index is 688. The third-order valence-electron chi connectivity index (χ3n) is 4.16. The lowest BCUT2D eigenvalue weighted by Gasteiger charge is -2.31. The van der Waals surface area contributed by atoms with E-state index in [4.69, 9.17) is 16.3 Å². The number of rotatable bonds is 2. The maximum absolute atomic E-state index is 12.6. The number of aromatic nitrogens is 1. The first-order chi connectivity index (χ1) is 10.7. The number of carbonyl (C=O) groups is 1. The minimum Gasteiger partial charge on any atom is -0.371 e. The van der Waals surface area contributed by atoms with E-state index in [9.17, 15) is 4.79 Å². The van der Waals surface area contributed by atoms with Crippen LogP contribution in [-0.4, -0.2) is 41.1 Å². The molecule has 2 bridgehead atoms. The van der Waals surface area contributed by atoms with Gasteiger partial charge >= 0.3 is 0 Å². The summed E-state index contributed by atoms with van der Waals surface area (Å²) >= 11 is 7.30. The summed E-state index contributed by atoms with van der Waals surface area (Å²) in [5.41, 5.74) is 1.79. The van der Waals surface area contributed by atoms with Crippen LogP contribution in [0.2, 0.25) is 5.02 Å². The van der Waals surface area contributed by atoms with E-state index >= 15 is 0 Å². The molecule has 2 fully saturated rings. The molecule has 0 saturated carbocycles. The number of nitrogens with zero attached hydrogens (tertiary/aromatic N) is 2. The second kappa shape index (κ2) is 5.65. The number of ether oxygens (including phenoxy) is 1. The third kappa shape index (κ3) is 2.64. The van der Waals surface area contributed by atoms with Crippen LogP contribution in [0.3, 0.4) is 0 Å². The van der Waals surface area contributed by atoms with Crippen LogP contribution in [0.5, 0.6) is 0 Å². The van der Waals surface area contributed by atoms with Crippen LogP contribution in [0.1, 0.15) is 22.6 Å². The smallest absolute Gasteiger partial charge is 0.283 e. The number of hydrogen-bond donors (Lipinski definition) is 0. The maximum Gasteiger partial charge on any atom is 0.283 e. The first kappa shape index (κ1) is 14.2. The summed E-state index contributed by atoms with van der Waals surface area (Å²) in [4.78, 5) is 19.0. The van der Waals surface area contributed by atoms with E-state index in [1.807, 2.05) is 34.5 Å². The van der Waals surface area contributed by atoms with E-state index < -0.39 is 0 Å². The molecule has 0 spiro atoms. The minimum absolute atomic E-state index is 0.0189. The zero-order chi connectivity index (χ0) is 15.1. The second-order valence-electron chi connectivity index (χ2n) is 5.71. The Labute approximate surface area is 137 Å². The lowest BCUT2D eigenvalue weighted by molar-refractivity contribution is -0.0303. The van der Waals surface area contributed by atoms with Gasteiger partial charge in [0.15, 0.2) is 5.01 Å². The van der Waals surface area contributed by atoms with Gasteiger partial charge in [-0.2, -0.15) is 0 Å². The minimum atomic E-state index is 0.0189. The number of benzene rings is 1. The van der Waals surface area contributed by atoms with Gasteiger partial charge in [0.05, 0.1) is 17.9 Å². The predicted octanol–water partition coefficient (Wildman–Crippen LogP) is 3.47. The van der Waals surface area contributed by atoms with Crippen LogP contribution in [0.4, 0.5) is 0 Å². The van der Waals surface area contributed by atoms with Crippen molar-refractivity contribution in [3.05, 3.63) is 39.7 Å². The Morgan fingerprint density at radius 2 is 1.91 bits per heavy atom. The molecular formula is C16H15ClN2O2S. The van der Waals surface area contributed by atoms with Gasteiger partial charge in [-0.15, -0.1) is 11.3 Å². The van der Waals surface area contributed by atoms with Gasteiger partial charge in [-0.3, -0.25) is 4.79 Å². The molecule has 1 amide bonds. The number of fused-ring (bicyclic) bond motifs is 2. The fourth-order valence-corrected chi connectivity index (χ4v) is 3.96. The lowest BCUT2D eigenvalue weighted by atomic mass is 10.2. The molecule has 22 heavy (non-hydrogen) atoms. The molecule has 2 aliphatic heterocycles. The number of morpholine rings is 1. The quantitative estimate of drug-likeness (QED) is 0.844. The Morgan fingerprint density at radius 1 is 1.23 bits per heavy atom. The fraction of sp³-hybridized carbons (Fsp3) is 0.375. The van der Waals surface area contributed by atoms with E-state index in [0.29, 0.717) is 23.1 Å². The zero-order valence-corrected chi connectivity index (χ0v) is 13.4. The maximum atomic E-state index is 12.6. The average molecular weight is 335 g/mol. The monoisotopic (exact) mass is 334 g/mol. The van der Waals surface area contributed by atoms with Crippen molar-refractivity contribution in [2.24, 2.45) is 0 Å². The van der Waals surface area contributed by atoms with E-state index in [2.05, 4.69) is 4.98 Å². The van der Waals surface area contributed by atoms with Crippen molar-refractivity contribution < 1.29 is 9.53 Å². The van der Waals surface area contributed by atoms with Crippen LogP contribution >= 0.6 is 22.9 Å². The Morgan fingerprint density at radius 3 is 2.59 bits per heavy atom. The number of likely N-dealkylation sites (tertiary alicyclic amines) is 1. The van der Waals surface area contributed by atoms with Gasteiger partial charge in [0.1, 0.15) is 0 Å². The summed E-state index contributed by atoms with van der Waals surface area (Å²) in [5, 5.41) is 3.16. The molecule has 4 rings (SSSR count). The molecule has 0 N–H and O–H groups in total. The van der Waals surface area contributed by atoms with Crippen LogP contribution in [0, 0.1) is 0 Å². The molecule has 1 aromatic carbocycles. The highest BCUT2D eigenvalue weighted by molar-refractivity contribution is 7.12. The normalized spacial score (nSPS) is 23.8. The first-order valence-corrected chi connectivity index (χ1v) is 8.61.